The lowest BCUT2D eigenvalue weighted by molar-refractivity contribution is -0.138. The molecule has 0 bridgehead atoms. The third-order valence-corrected chi connectivity index (χ3v) is 1.96. The van der Waals surface area contributed by atoms with Crippen LogP contribution in [0.5, 0.6) is 0 Å². The molecule has 0 N–H and O–H groups in total. The molecule has 7 heteroatoms. The third-order valence-electron chi connectivity index (χ3n) is 1.12. The summed E-state index contributed by atoms with van der Waals surface area (Å²) in [5.74, 6) is -0.744. The summed E-state index contributed by atoms with van der Waals surface area (Å²) in [7, 11) is 1.35. The van der Waals surface area contributed by atoms with E-state index in [1.165, 1.54) is 7.05 Å². The average molecular weight is 227 g/mol. The molecule has 1 atom stereocenters. The molecular weight excluding hydrogens is 218 g/mol. The highest BCUT2D eigenvalue weighted by Crippen LogP contribution is 1.99. The van der Waals surface area contributed by atoms with Crippen LogP contribution < -0.4 is 0 Å². The molecule has 0 fully saturated rings. The van der Waals surface area contributed by atoms with Crippen LogP contribution in [0.2, 0.25) is 0 Å². The van der Waals surface area contributed by atoms with Crippen molar-refractivity contribution in [1.82, 2.24) is 4.31 Å². The zero-order valence-corrected chi connectivity index (χ0v) is 8.56. The summed E-state index contributed by atoms with van der Waals surface area (Å²) in [5.41, 5.74) is 0. The van der Waals surface area contributed by atoms with Crippen LogP contribution in [0.15, 0.2) is 11.6 Å². The lowest BCUT2D eigenvalue weighted by atomic mass is 10.6. The highest BCUT2D eigenvalue weighted by molar-refractivity contribution is 7.76. The van der Waals surface area contributed by atoms with Gasteiger partial charge in [-0.2, -0.15) is 0 Å². The SMILES string of the molecule is C=C(Cl)C(=O)OCCN(C)S(=O)[O-]. The average Bonchev–Trinajstić information content (AvgIpc) is 2.03. The number of nitrogens with zero attached hydrogens (tertiary/aromatic N) is 1. The molecule has 0 radical (unpaired) electrons. The topological polar surface area (TPSA) is 69.7 Å². The largest absolute Gasteiger partial charge is 0.760 e. The number of halogens is 1. The van der Waals surface area contributed by atoms with Crippen LogP contribution in [0, 0.1) is 0 Å². The molecule has 13 heavy (non-hydrogen) atoms. The van der Waals surface area contributed by atoms with Crippen molar-refractivity contribution in [3.63, 3.8) is 0 Å². The molecule has 76 valence electrons. The van der Waals surface area contributed by atoms with Gasteiger partial charge in [-0.3, -0.25) is 4.21 Å². The Morgan fingerprint density at radius 3 is 2.69 bits per heavy atom. The van der Waals surface area contributed by atoms with E-state index >= 15 is 0 Å². The van der Waals surface area contributed by atoms with Crippen LogP contribution in [0.4, 0.5) is 0 Å². The molecule has 0 spiro atoms. The van der Waals surface area contributed by atoms with Crippen molar-refractivity contribution in [1.29, 1.82) is 0 Å². The predicted molar refractivity (Wildman–Crippen MR) is 47.5 cm³/mol. The smallest absolute Gasteiger partial charge is 0.349 e. The Morgan fingerprint density at radius 1 is 1.77 bits per heavy atom. The van der Waals surface area contributed by atoms with Crippen LogP contribution in [-0.4, -0.2) is 39.2 Å². The Morgan fingerprint density at radius 2 is 2.31 bits per heavy atom. The van der Waals surface area contributed by atoms with Gasteiger partial charge in [-0.25, -0.2) is 9.10 Å². The van der Waals surface area contributed by atoms with Gasteiger partial charge in [-0.15, -0.1) is 0 Å². The number of esters is 1. The van der Waals surface area contributed by atoms with E-state index in [0.29, 0.717) is 0 Å². The van der Waals surface area contributed by atoms with E-state index in [9.17, 15) is 13.6 Å². The Bertz CT molecular complexity index is 233. The fourth-order valence-corrected chi connectivity index (χ4v) is 0.698. The van der Waals surface area contributed by atoms with Gasteiger partial charge in [0.1, 0.15) is 11.6 Å². The van der Waals surface area contributed by atoms with Gasteiger partial charge in [-0.05, 0) is 7.05 Å². The summed E-state index contributed by atoms with van der Waals surface area (Å²) in [6.07, 6.45) is 0. The zero-order valence-electron chi connectivity index (χ0n) is 6.99. The quantitative estimate of drug-likeness (QED) is 0.376. The van der Waals surface area contributed by atoms with Gasteiger partial charge in [0.15, 0.2) is 0 Å². The number of likely N-dealkylation sites (N-methyl/N-ethyl adjacent to an activating group) is 1. The van der Waals surface area contributed by atoms with Crippen LogP contribution in [0.3, 0.4) is 0 Å². The van der Waals surface area contributed by atoms with E-state index in [1.54, 1.807) is 0 Å². The molecule has 0 aliphatic rings. The molecule has 0 rings (SSSR count). The van der Waals surface area contributed by atoms with E-state index < -0.39 is 17.2 Å². The van der Waals surface area contributed by atoms with Crippen molar-refractivity contribution in [2.75, 3.05) is 20.2 Å². The normalized spacial score (nSPS) is 12.6. The summed E-state index contributed by atoms with van der Waals surface area (Å²) in [6.45, 7) is 3.19. The molecule has 0 saturated carbocycles. The molecule has 0 aromatic rings. The maximum atomic E-state index is 10.7. The number of carbonyl (C=O) groups excluding carboxylic acids is 1. The van der Waals surface area contributed by atoms with Crippen LogP contribution in [0.1, 0.15) is 0 Å². The standard InChI is InChI=1S/C6H10ClNO4S/c1-5(7)6(9)12-4-3-8(2)13(10)11/h1,3-4H2,2H3,(H,10,11)/p-1. The van der Waals surface area contributed by atoms with E-state index in [-0.39, 0.29) is 18.2 Å². The van der Waals surface area contributed by atoms with Crippen molar-refractivity contribution in [3.05, 3.63) is 11.6 Å². The summed E-state index contributed by atoms with van der Waals surface area (Å²) < 4.78 is 26.0. The van der Waals surface area contributed by atoms with Gasteiger partial charge in [0, 0.05) is 17.8 Å². The summed E-state index contributed by atoms with van der Waals surface area (Å²) in [5, 5.41) is -0.231. The highest BCUT2D eigenvalue weighted by Gasteiger charge is 2.05. The molecule has 0 aromatic carbocycles. The first kappa shape index (κ1) is 12.6. The van der Waals surface area contributed by atoms with Gasteiger partial charge in [0.2, 0.25) is 0 Å². The molecule has 1 unspecified atom stereocenters. The van der Waals surface area contributed by atoms with Gasteiger partial charge < -0.3 is 9.29 Å². The monoisotopic (exact) mass is 226 g/mol. The number of ether oxygens (including phenoxy) is 1. The Balaban J connectivity index is 3.62. The van der Waals surface area contributed by atoms with Crippen LogP contribution in [0.25, 0.3) is 0 Å². The molecule has 0 aliphatic heterocycles. The maximum Gasteiger partial charge on any atom is 0.349 e. The Kier molecular flexibility index (Phi) is 5.89. The summed E-state index contributed by atoms with van der Waals surface area (Å²) in [6, 6.07) is 0. The van der Waals surface area contributed by atoms with Crippen molar-refractivity contribution in [2.24, 2.45) is 0 Å². The Hall–Kier alpha value is -0.430. The van der Waals surface area contributed by atoms with Crippen LogP contribution in [-0.2, 0) is 20.8 Å². The van der Waals surface area contributed by atoms with Crippen molar-refractivity contribution < 1.29 is 18.3 Å². The first-order valence-corrected chi connectivity index (χ1v) is 4.68. The minimum Gasteiger partial charge on any atom is -0.760 e. The first-order chi connectivity index (χ1) is 5.95. The Labute approximate surface area is 83.7 Å². The van der Waals surface area contributed by atoms with Gasteiger partial charge in [0.25, 0.3) is 0 Å². The van der Waals surface area contributed by atoms with E-state index in [0.717, 1.165) is 4.31 Å². The minimum absolute atomic E-state index is 0.0466. The second-order valence-corrected chi connectivity index (χ2v) is 3.62. The van der Waals surface area contributed by atoms with Crippen molar-refractivity contribution >= 4 is 28.8 Å². The highest BCUT2D eigenvalue weighted by atomic mass is 35.5. The molecule has 0 heterocycles. The van der Waals surface area contributed by atoms with E-state index in [2.05, 4.69) is 11.3 Å². The molecule has 0 aliphatic carbocycles. The number of carbonyl (C=O) groups is 1. The number of rotatable bonds is 5. The number of hydrogen-bond donors (Lipinski definition) is 0. The summed E-state index contributed by atoms with van der Waals surface area (Å²) in [4.78, 5) is 10.7. The fraction of sp³-hybridized carbons (Fsp3) is 0.500. The van der Waals surface area contributed by atoms with Crippen LogP contribution >= 0.6 is 11.6 Å². The predicted octanol–water partition coefficient (Wildman–Crippen LogP) is 0.00800. The minimum atomic E-state index is -2.30. The third kappa shape index (κ3) is 5.75. The van der Waals surface area contributed by atoms with Gasteiger partial charge in [0.05, 0.1) is 0 Å². The lowest BCUT2D eigenvalue weighted by Crippen LogP contribution is -2.26. The molecular formula is C6H9ClNO4S-. The lowest BCUT2D eigenvalue weighted by Gasteiger charge is -2.18. The molecule has 5 nitrogen and oxygen atoms in total. The fourth-order valence-electron chi connectivity index (χ4n) is 0.420. The van der Waals surface area contributed by atoms with Gasteiger partial charge in [-0.1, -0.05) is 18.2 Å². The van der Waals surface area contributed by atoms with Crippen molar-refractivity contribution in [3.8, 4) is 0 Å². The second-order valence-electron chi connectivity index (χ2n) is 2.11. The second kappa shape index (κ2) is 6.09. The molecule has 0 saturated heterocycles. The van der Waals surface area contributed by atoms with E-state index in [1.807, 2.05) is 0 Å². The maximum absolute atomic E-state index is 10.7. The number of hydrogen-bond acceptors (Lipinski definition) is 4. The van der Waals surface area contributed by atoms with Gasteiger partial charge >= 0.3 is 5.97 Å². The van der Waals surface area contributed by atoms with Crippen molar-refractivity contribution in [2.45, 2.75) is 0 Å². The molecule has 0 aromatic heterocycles. The van der Waals surface area contributed by atoms with E-state index in [4.69, 9.17) is 11.6 Å². The molecule has 0 amide bonds. The zero-order chi connectivity index (χ0) is 10.4. The first-order valence-electron chi connectivity index (χ1n) is 3.27. The summed E-state index contributed by atoms with van der Waals surface area (Å²) >= 11 is 2.90.